The number of rotatable bonds is 9. The number of carbonyl (C=O) groups excluding carboxylic acids is 2. The highest BCUT2D eigenvalue weighted by Gasteiger charge is 2.14. The Hall–Kier alpha value is -3.16. The smallest absolute Gasteiger partial charge is 0.273 e. The van der Waals surface area contributed by atoms with Crippen molar-refractivity contribution in [2.75, 3.05) is 19.6 Å². The van der Waals surface area contributed by atoms with Crippen molar-refractivity contribution < 1.29 is 9.59 Å². The summed E-state index contributed by atoms with van der Waals surface area (Å²) >= 11 is 0. The van der Waals surface area contributed by atoms with Gasteiger partial charge in [-0.25, -0.2) is 4.68 Å². The van der Waals surface area contributed by atoms with E-state index in [1.807, 2.05) is 26.0 Å². The number of aryl methyl sites for hydroxylation is 1. The molecule has 8 heteroatoms. The van der Waals surface area contributed by atoms with Gasteiger partial charge in [0, 0.05) is 37.9 Å². The second-order valence-corrected chi connectivity index (χ2v) is 6.54. The van der Waals surface area contributed by atoms with Crippen LogP contribution in [0, 0.1) is 0 Å². The number of hydrogen-bond acceptors (Lipinski definition) is 4. The van der Waals surface area contributed by atoms with Crippen LogP contribution in [0.1, 0.15) is 30.8 Å². The second-order valence-electron chi connectivity index (χ2n) is 6.54. The lowest BCUT2D eigenvalue weighted by Gasteiger charge is -2.17. The number of nitrogens with one attached hydrogen (secondary N) is 1. The van der Waals surface area contributed by atoms with Crippen LogP contribution in [0.2, 0.25) is 0 Å². The highest BCUT2D eigenvalue weighted by atomic mass is 16.2. The fraction of sp³-hybridized carbons (Fsp3) is 0.400. The topological polar surface area (TPSA) is 85.0 Å². The first-order valence-electron chi connectivity index (χ1n) is 9.62. The summed E-state index contributed by atoms with van der Waals surface area (Å²) in [6.07, 6.45) is 4.38. The standard InChI is InChI=1S/C20H26N6O2/c1-3-24(4-2)19(27)15-26-14-17(22-23-26)20(28)21-11-7-12-25-13-10-16-8-5-6-9-18(16)25/h5-6,8-10,13-14H,3-4,7,11-12,15H2,1-2H3,(H,21,28). The first-order valence-corrected chi connectivity index (χ1v) is 9.62. The SMILES string of the molecule is CCN(CC)C(=O)Cn1cc(C(=O)NCCCn2ccc3ccccc32)nn1. The van der Waals surface area contributed by atoms with Crippen LogP contribution >= 0.6 is 0 Å². The summed E-state index contributed by atoms with van der Waals surface area (Å²) in [5, 5.41) is 11.8. The molecular weight excluding hydrogens is 356 g/mol. The normalized spacial score (nSPS) is 10.9. The van der Waals surface area contributed by atoms with Gasteiger partial charge in [0.1, 0.15) is 6.54 Å². The van der Waals surface area contributed by atoms with E-state index < -0.39 is 0 Å². The highest BCUT2D eigenvalue weighted by molar-refractivity contribution is 5.91. The molecular formula is C20H26N6O2. The lowest BCUT2D eigenvalue weighted by atomic mass is 10.2. The molecule has 8 nitrogen and oxygen atoms in total. The zero-order chi connectivity index (χ0) is 19.9. The molecule has 0 saturated carbocycles. The average Bonchev–Trinajstić information content (AvgIpc) is 3.33. The minimum atomic E-state index is -0.279. The molecule has 1 aromatic carbocycles. The quantitative estimate of drug-likeness (QED) is 0.573. The fourth-order valence-corrected chi connectivity index (χ4v) is 3.17. The van der Waals surface area contributed by atoms with E-state index in [1.165, 1.54) is 21.8 Å². The minimum absolute atomic E-state index is 0.0409. The predicted molar refractivity (Wildman–Crippen MR) is 107 cm³/mol. The predicted octanol–water partition coefficient (Wildman–Crippen LogP) is 1.92. The maximum absolute atomic E-state index is 12.2. The van der Waals surface area contributed by atoms with Crippen LogP contribution in [0.5, 0.6) is 0 Å². The van der Waals surface area contributed by atoms with Crippen molar-refractivity contribution in [1.29, 1.82) is 0 Å². The Kier molecular flexibility index (Phi) is 6.41. The van der Waals surface area contributed by atoms with E-state index in [2.05, 4.69) is 44.6 Å². The molecule has 0 saturated heterocycles. The summed E-state index contributed by atoms with van der Waals surface area (Å²) in [6, 6.07) is 10.3. The van der Waals surface area contributed by atoms with E-state index in [0.29, 0.717) is 19.6 Å². The van der Waals surface area contributed by atoms with E-state index in [9.17, 15) is 9.59 Å². The Labute approximate surface area is 164 Å². The number of benzene rings is 1. The van der Waals surface area contributed by atoms with E-state index in [1.54, 1.807) is 4.90 Å². The van der Waals surface area contributed by atoms with Gasteiger partial charge in [-0.05, 0) is 37.8 Å². The summed E-state index contributed by atoms with van der Waals surface area (Å²) in [6.45, 7) is 6.59. The molecule has 3 rings (SSSR count). The summed E-state index contributed by atoms with van der Waals surface area (Å²) in [5.41, 5.74) is 1.41. The van der Waals surface area contributed by atoms with Gasteiger partial charge in [-0.3, -0.25) is 9.59 Å². The lowest BCUT2D eigenvalue weighted by molar-refractivity contribution is -0.131. The van der Waals surface area contributed by atoms with Crippen LogP contribution < -0.4 is 5.32 Å². The van der Waals surface area contributed by atoms with Gasteiger partial charge in [-0.2, -0.15) is 0 Å². The highest BCUT2D eigenvalue weighted by Crippen LogP contribution is 2.15. The Morgan fingerprint density at radius 2 is 1.93 bits per heavy atom. The van der Waals surface area contributed by atoms with Crippen molar-refractivity contribution in [2.24, 2.45) is 0 Å². The van der Waals surface area contributed by atoms with Crippen LogP contribution in [-0.2, 0) is 17.9 Å². The van der Waals surface area contributed by atoms with Crippen molar-refractivity contribution in [1.82, 2.24) is 29.8 Å². The number of fused-ring (bicyclic) bond motifs is 1. The van der Waals surface area contributed by atoms with E-state index in [4.69, 9.17) is 0 Å². The van der Waals surface area contributed by atoms with Gasteiger partial charge < -0.3 is 14.8 Å². The van der Waals surface area contributed by atoms with Crippen LogP contribution in [0.4, 0.5) is 0 Å². The van der Waals surface area contributed by atoms with Crippen molar-refractivity contribution in [3.63, 3.8) is 0 Å². The third-order valence-electron chi connectivity index (χ3n) is 4.73. The van der Waals surface area contributed by atoms with Crippen LogP contribution in [0.3, 0.4) is 0 Å². The van der Waals surface area contributed by atoms with Gasteiger partial charge in [0.2, 0.25) is 5.91 Å². The van der Waals surface area contributed by atoms with Crippen LogP contribution in [0.15, 0.2) is 42.7 Å². The number of aromatic nitrogens is 4. The third-order valence-corrected chi connectivity index (χ3v) is 4.73. The number of carbonyl (C=O) groups is 2. The summed E-state index contributed by atoms with van der Waals surface area (Å²) in [4.78, 5) is 26.1. The Bertz CT molecular complexity index is 941. The molecule has 0 atom stereocenters. The minimum Gasteiger partial charge on any atom is -0.351 e. The van der Waals surface area contributed by atoms with Crippen molar-refractivity contribution in [3.8, 4) is 0 Å². The zero-order valence-corrected chi connectivity index (χ0v) is 16.3. The van der Waals surface area contributed by atoms with E-state index in [-0.39, 0.29) is 24.1 Å². The summed E-state index contributed by atoms with van der Waals surface area (Å²) < 4.78 is 3.58. The lowest BCUT2D eigenvalue weighted by Crippen LogP contribution is -2.33. The van der Waals surface area contributed by atoms with E-state index >= 15 is 0 Å². The molecule has 2 aromatic heterocycles. The number of para-hydroxylation sites is 1. The number of likely N-dealkylation sites (N-methyl/N-ethyl adjacent to an activating group) is 1. The van der Waals surface area contributed by atoms with Gasteiger partial charge in [0.15, 0.2) is 5.69 Å². The van der Waals surface area contributed by atoms with Gasteiger partial charge >= 0.3 is 0 Å². The maximum Gasteiger partial charge on any atom is 0.273 e. The van der Waals surface area contributed by atoms with E-state index in [0.717, 1.165) is 13.0 Å². The molecule has 0 fully saturated rings. The molecule has 0 spiro atoms. The first kappa shape index (κ1) is 19.6. The van der Waals surface area contributed by atoms with Gasteiger partial charge in [-0.1, -0.05) is 23.4 Å². The second kappa shape index (κ2) is 9.16. The molecule has 1 N–H and O–H groups in total. The van der Waals surface area contributed by atoms with Crippen LogP contribution in [0.25, 0.3) is 10.9 Å². The molecule has 0 radical (unpaired) electrons. The molecule has 0 aliphatic rings. The number of amides is 2. The molecule has 2 heterocycles. The molecule has 0 unspecified atom stereocenters. The molecule has 28 heavy (non-hydrogen) atoms. The van der Waals surface area contributed by atoms with Gasteiger partial charge in [0.25, 0.3) is 5.91 Å². The van der Waals surface area contributed by atoms with Crippen molar-refractivity contribution in [2.45, 2.75) is 33.4 Å². The number of nitrogens with zero attached hydrogens (tertiary/aromatic N) is 5. The third kappa shape index (κ3) is 4.57. The molecule has 3 aromatic rings. The Morgan fingerprint density at radius 1 is 1.14 bits per heavy atom. The summed E-state index contributed by atoms with van der Waals surface area (Å²) in [7, 11) is 0. The van der Waals surface area contributed by atoms with Crippen molar-refractivity contribution in [3.05, 3.63) is 48.4 Å². The van der Waals surface area contributed by atoms with Gasteiger partial charge in [-0.15, -0.1) is 5.10 Å². The Balaban J connectivity index is 1.46. The molecule has 0 aliphatic heterocycles. The van der Waals surface area contributed by atoms with Gasteiger partial charge in [0.05, 0.1) is 6.20 Å². The summed E-state index contributed by atoms with van der Waals surface area (Å²) in [5.74, 6) is -0.320. The number of hydrogen-bond donors (Lipinski definition) is 1. The first-order chi connectivity index (χ1) is 13.6. The molecule has 148 valence electrons. The van der Waals surface area contributed by atoms with Crippen molar-refractivity contribution >= 4 is 22.7 Å². The largest absolute Gasteiger partial charge is 0.351 e. The Morgan fingerprint density at radius 3 is 2.71 bits per heavy atom. The molecule has 0 bridgehead atoms. The maximum atomic E-state index is 12.2. The van der Waals surface area contributed by atoms with Crippen LogP contribution in [-0.4, -0.2) is 55.9 Å². The zero-order valence-electron chi connectivity index (χ0n) is 16.3. The molecule has 2 amide bonds. The molecule has 0 aliphatic carbocycles. The fourth-order valence-electron chi connectivity index (χ4n) is 3.17. The average molecular weight is 382 g/mol. The monoisotopic (exact) mass is 382 g/mol.